The first kappa shape index (κ1) is 51.3. The predicted octanol–water partition coefficient (Wildman–Crippen LogP) is 4.04. The van der Waals surface area contributed by atoms with Crippen LogP contribution in [0, 0.1) is 0 Å². The predicted molar refractivity (Wildman–Crippen MR) is 229 cm³/mol. The number of ether oxygens (including phenoxy) is 3. The summed E-state index contributed by atoms with van der Waals surface area (Å²) < 4.78 is 61.0. The van der Waals surface area contributed by atoms with Crippen molar-refractivity contribution in [3.05, 3.63) is 83.9 Å². The Labute approximate surface area is 356 Å². The summed E-state index contributed by atoms with van der Waals surface area (Å²) in [6.45, 7) is 0.719. The highest BCUT2D eigenvalue weighted by Crippen LogP contribution is 2.32. The molecule has 338 valence electrons. The SMILES string of the molecule is CO[Si](CCCOCC(O)Cc1ccccc1O)(OC)O[Si](CCCOCC(O)Cc1ccccc1O)(OC)O[Si](CCCOCC(O)Nc1ccccc1O)(OC)OC. The number of aliphatic hydroxyl groups is 3. The van der Waals surface area contributed by atoms with E-state index in [4.69, 9.17) is 44.6 Å². The third-order valence-electron chi connectivity index (χ3n) is 9.51. The average molecular weight is 900 g/mol. The van der Waals surface area contributed by atoms with E-state index in [0.717, 1.165) is 0 Å². The van der Waals surface area contributed by atoms with E-state index in [2.05, 4.69) is 5.32 Å². The summed E-state index contributed by atoms with van der Waals surface area (Å²) in [5.74, 6) is 0.224. The van der Waals surface area contributed by atoms with E-state index >= 15 is 0 Å². The molecule has 0 aromatic heterocycles. The number of para-hydroxylation sites is 4. The van der Waals surface area contributed by atoms with Crippen molar-refractivity contribution in [3.8, 4) is 17.2 Å². The first-order valence-electron chi connectivity index (χ1n) is 19.9. The van der Waals surface area contributed by atoms with Gasteiger partial charge in [0, 0.05) is 86.3 Å². The molecule has 17 nitrogen and oxygen atoms in total. The van der Waals surface area contributed by atoms with Crippen LogP contribution in [-0.4, -0.2) is 151 Å². The summed E-state index contributed by atoms with van der Waals surface area (Å²) >= 11 is 0. The van der Waals surface area contributed by atoms with E-state index in [9.17, 15) is 30.6 Å². The lowest BCUT2D eigenvalue weighted by Crippen LogP contribution is -2.63. The minimum atomic E-state index is -3.81. The fourth-order valence-electron chi connectivity index (χ4n) is 6.24. The van der Waals surface area contributed by atoms with E-state index in [-0.39, 0.29) is 75.8 Å². The number of phenols is 3. The number of benzene rings is 3. The minimum absolute atomic E-state index is 0.00493. The Morgan fingerprint density at radius 3 is 1.25 bits per heavy atom. The first-order valence-corrected chi connectivity index (χ1v) is 25.7. The Morgan fingerprint density at radius 2 is 0.850 bits per heavy atom. The molecule has 0 bridgehead atoms. The molecule has 60 heavy (non-hydrogen) atoms. The molecule has 0 spiro atoms. The molecule has 0 saturated heterocycles. The van der Waals surface area contributed by atoms with E-state index in [0.29, 0.717) is 48.2 Å². The molecule has 0 heterocycles. The lowest BCUT2D eigenvalue weighted by atomic mass is 10.1. The van der Waals surface area contributed by atoms with Crippen LogP contribution in [0.4, 0.5) is 5.69 Å². The molecular weight excluding hydrogens is 835 g/mol. The maximum atomic E-state index is 10.6. The molecular formula is C40H65NO16Si3. The van der Waals surface area contributed by atoms with Crippen molar-refractivity contribution in [2.45, 2.75) is 68.7 Å². The quantitative estimate of drug-likeness (QED) is 0.0198. The number of rotatable bonds is 33. The van der Waals surface area contributed by atoms with Gasteiger partial charge in [0.15, 0.2) is 0 Å². The standard InChI is InChI=1S/C40H65NO16Si3/c1-48-58(49-2,24-12-21-53-29-34(42)27-32-15-6-9-18-37(32)44)56-60(52-5,26-14-22-54-30-35(43)28-33-16-7-10-19-38(33)45)57-59(50-3,51-4)25-13-23-55-31-40(47)41-36-17-8-11-20-39(36)46/h6-11,15-20,34-35,40-47H,12-14,21-31H2,1-5H3. The highest BCUT2D eigenvalue weighted by atomic mass is 28.5. The van der Waals surface area contributed by atoms with Crippen LogP contribution in [0.15, 0.2) is 72.8 Å². The van der Waals surface area contributed by atoms with Crippen LogP contribution in [0.5, 0.6) is 17.2 Å². The molecule has 3 aromatic rings. The number of aromatic hydroxyl groups is 3. The fourth-order valence-corrected chi connectivity index (χ4v) is 17.3. The van der Waals surface area contributed by atoms with Crippen LogP contribution in [0.2, 0.25) is 18.1 Å². The van der Waals surface area contributed by atoms with Crippen molar-refractivity contribution < 1.29 is 75.2 Å². The maximum Gasteiger partial charge on any atom is 0.493 e. The molecule has 0 aliphatic rings. The van der Waals surface area contributed by atoms with E-state index in [1.54, 1.807) is 66.7 Å². The Bertz CT molecular complexity index is 1540. The molecule has 0 amide bonds. The van der Waals surface area contributed by atoms with Gasteiger partial charge in [0.1, 0.15) is 23.5 Å². The van der Waals surface area contributed by atoms with E-state index < -0.39 is 44.8 Å². The Morgan fingerprint density at radius 1 is 0.483 bits per heavy atom. The van der Waals surface area contributed by atoms with Crippen LogP contribution >= 0.6 is 0 Å². The monoisotopic (exact) mass is 899 g/mol. The highest BCUT2D eigenvalue weighted by molar-refractivity contribution is 6.80. The topological polar surface area (TPSA) is 226 Å². The molecule has 0 aliphatic heterocycles. The number of anilines is 1. The number of phenolic OH excluding ortho intramolecular Hbond substituents is 3. The van der Waals surface area contributed by atoms with Gasteiger partial charge >= 0.3 is 26.4 Å². The largest absolute Gasteiger partial charge is 0.508 e. The molecule has 4 atom stereocenters. The third-order valence-corrected chi connectivity index (χ3v) is 20.5. The Hall–Kier alpha value is -3.01. The van der Waals surface area contributed by atoms with Gasteiger partial charge in [-0.15, -0.1) is 0 Å². The molecule has 0 radical (unpaired) electrons. The zero-order valence-corrected chi connectivity index (χ0v) is 38.3. The number of aliphatic hydroxyl groups excluding tert-OH is 3. The number of nitrogens with one attached hydrogen (secondary N) is 1. The highest BCUT2D eigenvalue weighted by Gasteiger charge is 2.57. The fraction of sp³-hybridized carbons (Fsp3) is 0.550. The second kappa shape index (κ2) is 27.1. The number of hydrogen-bond acceptors (Lipinski definition) is 17. The van der Waals surface area contributed by atoms with Crippen molar-refractivity contribution in [3.63, 3.8) is 0 Å². The maximum absolute atomic E-state index is 10.6. The van der Waals surface area contributed by atoms with Gasteiger partial charge in [-0.25, -0.2) is 0 Å². The third kappa shape index (κ3) is 17.4. The molecule has 3 rings (SSSR count). The van der Waals surface area contributed by atoms with E-state index in [1.165, 1.54) is 41.6 Å². The van der Waals surface area contributed by atoms with Gasteiger partial charge in [-0.2, -0.15) is 0 Å². The summed E-state index contributed by atoms with van der Waals surface area (Å²) in [6, 6.07) is 21.0. The van der Waals surface area contributed by atoms with Gasteiger partial charge in [0.2, 0.25) is 0 Å². The Balaban J connectivity index is 1.65. The van der Waals surface area contributed by atoms with Crippen molar-refractivity contribution in [1.82, 2.24) is 0 Å². The zero-order chi connectivity index (χ0) is 43.9. The summed E-state index contributed by atoms with van der Waals surface area (Å²) in [4.78, 5) is 0. The van der Waals surface area contributed by atoms with Crippen molar-refractivity contribution >= 4 is 32.1 Å². The normalized spacial score (nSPS) is 14.7. The second-order valence-electron chi connectivity index (χ2n) is 14.0. The first-order chi connectivity index (χ1) is 28.9. The molecule has 0 fully saturated rings. The average Bonchev–Trinajstić information content (AvgIpc) is 3.24. The molecule has 3 aromatic carbocycles. The van der Waals surface area contributed by atoms with Crippen LogP contribution < -0.4 is 5.32 Å². The number of hydrogen-bond donors (Lipinski definition) is 7. The van der Waals surface area contributed by atoms with Crippen molar-refractivity contribution in [2.24, 2.45) is 0 Å². The zero-order valence-electron chi connectivity index (χ0n) is 35.3. The van der Waals surface area contributed by atoms with Crippen molar-refractivity contribution in [2.75, 3.05) is 80.5 Å². The van der Waals surface area contributed by atoms with Gasteiger partial charge in [-0.1, -0.05) is 48.5 Å². The second-order valence-corrected chi connectivity index (χ2v) is 23.2. The summed E-state index contributed by atoms with van der Waals surface area (Å²) in [6.07, 6.45) is -1.03. The summed E-state index contributed by atoms with van der Waals surface area (Å²) in [5, 5.41) is 64.5. The minimum Gasteiger partial charge on any atom is -0.508 e. The molecule has 7 N–H and O–H groups in total. The lowest BCUT2D eigenvalue weighted by molar-refractivity contribution is 0.0316. The molecule has 4 unspecified atom stereocenters. The van der Waals surface area contributed by atoms with Crippen molar-refractivity contribution in [1.29, 1.82) is 0 Å². The van der Waals surface area contributed by atoms with Gasteiger partial charge in [0.25, 0.3) is 0 Å². The molecule has 20 heteroatoms. The van der Waals surface area contributed by atoms with Crippen LogP contribution in [0.1, 0.15) is 30.4 Å². The van der Waals surface area contributed by atoms with Crippen LogP contribution in [0.25, 0.3) is 0 Å². The smallest absolute Gasteiger partial charge is 0.493 e. The van der Waals surface area contributed by atoms with Gasteiger partial charge in [-0.05, 0) is 54.7 Å². The van der Waals surface area contributed by atoms with Gasteiger partial charge < -0.3 is 80.5 Å². The Kier molecular flexibility index (Phi) is 23.2. The van der Waals surface area contributed by atoms with Crippen LogP contribution in [-0.2, 0) is 57.4 Å². The summed E-state index contributed by atoms with van der Waals surface area (Å²) in [7, 11) is -3.44. The van der Waals surface area contributed by atoms with Gasteiger partial charge in [0.05, 0.1) is 37.7 Å². The summed E-state index contributed by atoms with van der Waals surface area (Å²) in [5.41, 5.74) is 1.61. The molecule has 0 saturated carbocycles. The van der Waals surface area contributed by atoms with E-state index in [1.807, 2.05) is 0 Å². The van der Waals surface area contributed by atoms with Crippen LogP contribution in [0.3, 0.4) is 0 Å². The van der Waals surface area contributed by atoms with Gasteiger partial charge in [-0.3, -0.25) is 0 Å². The molecule has 0 aliphatic carbocycles. The lowest BCUT2D eigenvalue weighted by Gasteiger charge is -2.40.